The molecule has 0 fully saturated rings. The van der Waals surface area contributed by atoms with E-state index in [-0.39, 0.29) is 24.7 Å². The van der Waals surface area contributed by atoms with Gasteiger partial charge in [-0.25, -0.2) is 4.39 Å². The van der Waals surface area contributed by atoms with Gasteiger partial charge in [-0.3, -0.25) is 4.79 Å². The van der Waals surface area contributed by atoms with Crippen LogP contribution in [0.4, 0.5) is 4.39 Å². The van der Waals surface area contributed by atoms with Gasteiger partial charge in [-0.2, -0.15) is 0 Å². The third-order valence-electron chi connectivity index (χ3n) is 2.05. The molecule has 0 radical (unpaired) electrons. The number of methoxy groups -OCH3 is 1. The van der Waals surface area contributed by atoms with E-state index in [1.54, 1.807) is 19.2 Å². The molecular weight excluding hydrogens is 225 g/mol. The largest absolute Gasteiger partial charge is 0.490 e. The highest BCUT2D eigenvalue weighted by Crippen LogP contribution is 2.15. The van der Waals surface area contributed by atoms with Crippen LogP contribution in [0.15, 0.2) is 24.3 Å². The molecule has 0 saturated carbocycles. The van der Waals surface area contributed by atoms with Gasteiger partial charge in [-0.05, 0) is 12.1 Å². The summed E-state index contributed by atoms with van der Waals surface area (Å²) in [5.74, 6) is -0.400. The quantitative estimate of drug-likeness (QED) is 0.733. The number of halogens is 1. The minimum absolute atomic E-state index is 0.140. The Morgan fingerprint density at radius 1 is 1.35 bits per heavy atom. The van der Waals surface area contributed by atoms with Crippen molar-refractivity contribution in [3.05, 3.63) is 30.1 Å². The van der Waals surface area contributed by atoms with Crippen LogP contribution >= 0.6 is 0 Å². The van der Waals surface area contributed by atoms with E-state index in [9.17, 15) is 9.18 Å². The molecule has 5 heteroatoms. The molecule has 4 nitrogen and oxygen atoms in total. The van der Waals surface area contributed by atoms with Crippen LogP contribution in [0.25, 0.3) is 0 Å². The van der Waals surface area contributed by atoms with Gasteiger partial charge in [0, 0.05) is 13.7 Å². The summed E-state index contributed by atoms with van der Waals surface area (Å²) in [6.45, 7) is 1.09. The fourth-order valence-electron chi connectivity index (χ4n) is 1.20. The van der Waals surface area contributed by atoms with E-state index in [2.05, 4.69) is 5.32 Å². The number of hydrogen-bond donors (Lipinski definition) is 1. The average Bonchev–Trinajstić information content (AvgIpc) is 2.32. The zero-order valence-electron chi connectivity index (χ0n) is 9.74. The number of carbonyl (C=O) groups is 1. The summed E-state index contributed by atoms with van der Waals surface area (Å²) < 4.78 is 23.1. The number of amides is 1. The lowest BCUT2D eigenvalue weighted by Crippen LogP contribution is -2.28. The maximum absolute atomic E-state index is 13.1. The first-order valence-corrected chi connectivity index (χ1v) is 5.37. The summed E-state index contributed by atoms with van der Waals surface area (Å²) in [5, 5.41) is 2.65. The van der Waals surface area contributed by atoms with Crippen LogP contribution in [0.3, 0.4) is 0 Å². The van der Waals surface area contributed by atoms with Crippen LogP contribution in [-0.2, 0) is 9.53 Å². The topological polar surface area (TPSA) is 47.6 Å². The number of carbonyl (C=O) groups excluding carboxylic acids is 1. The Bertz CT molecular complexity index is 357. The molecule has 1 N–H and O–H groups in total. The Hall–Kier alpha value is -1.62. The van der Waals surface area contributed by atoms with Gasteiger partial charge in [0.1, 0.15) is 0 Å². The van der Waals surface area contributed by atoms with Crippen LogP contribution in [-0.4, -0.2) is 32.8 Å². The molecule has 0 heterocycles. The van der Waals surface area contributed by atoms with Crippen molar-refractivity contribution >= 4 is 5.91 Å². The molecule has 0 spiro atoms. The van der Waals surface area contributed by atoms with Crippen molar-refractivity contribution in [2.45, 2.75) is 6.42 Å². The Morgan fingerprint density at radius 2 is 2.12 bits per heavy atom. The first kappa shape index (κ1) is 13.4. The molecule has 0 aliphatic heterocycles. The lowest BCUT2D eigenvalue weighted by molar-refractivity contribution is -0.121. The molecule has 0 aliphatic carbocycles. The molecule has 0 aliphatic rings. The van der Waals surface area contributed by atoms with Crippen molar-refractivity contribution in [1.29, 1.82) is 0 Å². The van der Waals surface area contributed by atoms with Crippen LogP contribution < -0.4 is 10.1 Å². The van der Waals surface area contributed by atoms with Crippen LogP contribution in [0.1, 0.15) is 6.42 Å². The zero-order valence-corrected chi connectivity index (χ0v) is 9.74. The Balaban J connectivity index is 2.19. The predicted octanol–water partition coefficient (Wildman–Crippen LogP) is 1.36. The third-order valence-corrected chi connectivity index (χ3v) is 2.05. The molecule has 0 aromatic heterocycles. The van der Waals surface area contributed by atoms with E-state index in [0.29, 0.717) is 13.2 Å². The van der Waals surface area contributed by atoms with Crippen LogP contribution in [0.5, 0.6) is 5.75 Å². The van der Waals surface area contributed by atoms with Crippen molar-refractivity contribution in [3.8, 4) is 5.75 Å². The SMILES string of the molecule is COCCNC(=O)CCOc1ccccc1F. The standard InChI is InChI=1S/C12H16FNO3/c1-16-9-7-14-12(15)6-8-17-11-5-3-2-4-10(11)13/h2-5H,6-9H2,1H3,(H,14,15). The Morgan fingerprint density at radius 3 is 2.82 bits per heavy atom. The van der Waals surface area contributed by atoms with Gasteiger partial charge in [0.15, 0.2) is 11.6 Å². The zero-order chi connectivity index (χ0) is 12.5. The first-order chi connectivity index (χ1) is 8.24. The highest BCUT2D eigenvalue weighted by molar-refractivity contribution is 5.75. The number of para-hydroxylation sites is 1. The fourth-order valence-corrected chi connectivity index (χ4v) is 1.20. The maximum Gasteiger partial charge on any atom is 0.223 e. The summed E-state index contributed by atoms with van der Waals surface area (Å²) in [6, 6.07) is 6.10. The fraction of sp³-hybridized carbons (Fsp3) is 0.417. The molecule has 1 rings (SSSR count). The Labute approximate surface area is 99.7 Å². The highest BCUT2D eigenvalue weighted by atomic mass is 19.1. The first-order valence-electron chi connectivity index (χ1n) is 5.37. The van der Waals surface area contributed by atoms with Gasteiger partial charge in [-0.15, -0.1) is 0 Å². The number of rotatable bonds is 7. The molecule has 0 unspecified atom stereocenters. The average molecular weight is 241 g/mol. The van der Waals surface area contributed by atoms with Gasteiger partial charge in [0.05, 0.1) is 19.6 Å². The lowest BCUT2D eigenvalue weighted by Gasteiger charge is -2.07. The smallest absolute Gasteiger partial charge is 0.223 e. The number of hydrogen-bond acceptors (Lipinski definition) is 3. The molecule has 1 amide bonds. The lowest BCUT2D eigenvalue weighted by atomic mass is 10.3. The van der Waals surface area contributed by atoms with Gasteiger partial charge in [-0.1, -0.05) is 12.1 Å². The highest BCUT2D eigenvalue weighted by Gasteiger charge is 2.04. The molecular formula is C12H16FNO3. The molecule has 1 aromatic rings. The Kier molecular flexibility index (Phi) is 6.03. The summed E-state index contributed by atoms with van der Waals surface area (Å²) in [7, 11) is 1.56. The van der Waals surface area contributed by atoms with Crippen molar-refractivity contribution in [3.63, 3.8) is 0 Å². The minimum Gasteiger partial charge on any atom is -0.490 e. The number of ether oxygens (including phenoxy) is 2. The van der Waals surface area contributed by atoms with Crippen molar-refractivity contribution in [2.24, 2.45) is 0 Å². The van der Waals surface area contributed by atoms with E-state index in [0.717, 1.165) is 0 Å². The molecule has 0 saturated heterocycles. The van der Waals surface area contributed by atoms with E-state index >= 15 is 0 Å². The second kappa shape index (κ2) is 7.62. The predicted molar refractivity (Wildman–Crippen MR) is 61.4 cm³/mol. The summed E-state index contributed by atoms with van der Waals surface area (Å²) in [5.41, 5.74) is 0. The maximum atomic E-state index is 13.1. The molecule has 17 heavy (non-hydrogen) atoms. The van der Waals surface area contributed by atoms with Gasteiger partial charge in [0.25, 0.3) is 0 Å². The summed E-state index contributed by atoms with van der Waals surface area (Å²) in [6.07, 6.45) is 0.193. The van der Waals surface area contributed by atoms with Gasteiger partial charge < -0.3 is 14.8 Å². The molecule has 1 aromatic carbocycles. The second-order valence-corrected chi connectivity index (χ2v) is 3.37. The van der Waals surface area contributed by atoms with E-state index in [1.807, 2.05) is 0 Å². The number of nitrogens with one attached hydrogen (secondary N) is 1. The van der Waals surface area contributed by atoms with E-state index < -0.39 is 5.82 Å². The number of benzene rings is 1. The molecule has 94 valence electrons. The summed E-state index contributed by atoms with van der Waals surface area (Å²) >= 11 is 0. The normalized spacial score (nSPS) is 10.0. The monoisotopic (exact) mass is 241 g/mol. The van der Waals surface area contributed by atoms with E-state index in [1.165, 1.54) is 12.1 Å². The minimum atomic E-state index is -0.424. The third kappa shape index (κ3) is 5.31. The summed E-state index contributed by atoms with van der Waals surface area (Å²) in [4.78, 5) is 11.3. The van der Waals surface area contributed by atoms with Crippen molar-refractivity contribution in [2.75, 3.05) is 26.9 Å². The second-order valence-electron chi connectivity index (χ2n) is 3.37. The van der Waals surface area contributed by atoms with Gasteiger partial charge >= 0.3 is 0 Å². The van der Waals surface area contributed by atoms with Crippen molar-refractivity contribution < 1.29 is 18.7 Å². The van der Waals surface area contributed by atoms with E-state index in [4.69, 9.17) is 9.47 Å². The van der Waals surface area contributed by atoms with Crippen LogP contribution in [0, 0.1) is 5.82 Å². The molecule has 0 atom stereocenters. The van der Waals surface area contributed by atoms with Crippen LogP contribution in [0.2, 0.25) is 0 Å². The molecule has 0 bridgehead atoms. The van der Waals surface area contributed by atoms with Gasteiger partial charge in [0.2, 0.25) is 5.91 Å². The van der Waals surface area contributed by atoms with Crippen molar-refractivity contribution in [1.82, 2.24) is 5.32 Å².